The molecule has 7 nitrogen and oxygen atoms in total. The van der Waals surface area contributed by atoms with E-state index in [1.54, 1.807) is 6.07 Å². The van der Waals surface area contributed by atoms with Gasteiger partial charge < -0.3 is 20.5 Å². The summed E-state index contributed by atoms with van der Waals surface area (Å²) < 4.78 is 34.7. The molecule has 120 valence electrons. The van der Waals surface area contributed by atoms with Crippen molar-refractivity contribution in [3.8, 4) is 11.5 Å². The summed E-state index contributed by atoms with van der Waals surface area (Å²) >= 11 is 0. The molecule has 0 radical (unpaired) electrons. The summed E-state index contributed by atoms with van der Waals surface area (Å²) in [7, 11) is -3.41. The fourth-order valence-corrected chi connectivity index (χ4v) is 4.53. The lowest BCUT2D eigenvalue weighted by molar-refractivity contribution is -0.113. The second-order valence-corrected chi connectivity index (χ2v) is 7.84. The Morgan fingerprint density at radius 2 is 1.86 bits per heavy atom. The number of ether oxygens (including phenoxy) is 2. The van der Waals surface area contributed by atoms with Crippen molar-refractivity contribution in [2.75, 3.05) is 23.6 Å². The standard InChI is InChI=1S/C14H18N2O5S/c15-10-5-12-13(21-8-20-12)6-11(10)16-14(17)7-22(18,19)9-3-1-2-4-9/h5-6,9H,1-4,7-8,15H2,(H,16,17). The Morgan fingerprint density at radius 1 is 1.23 bits per heavy atom. The molecule has 0 bridgehead atoms. The molecule has 1 aliphatic heterocycles. The van der Waals surface area contributed by atoms with Gasteiger partial charge in [0.25, 0.3) is 0 Å². The number of carbonyl (C=O) groups is 1. The lowest BCUT2D eigenvalue weighted by atomic mass is 10.2. The van der Waals surface area contributed by atoms with Gasteiger partial charge in [-0.2, -0.15) is 0 Å². The van der Waals surface area contributed by atoms with Gasteiger partial charge in [0.15, 0.2) is 21.3 Å². The third kappa shape index (κ3) is 2.96. The van der Waals surface area contributed by atoms with Crippen LogP contribution < -0.4 is 20.5 Å². The van der Waals surface area contributed by atoms with E-state index in [1.807, 2.05) is 0 Å². The van der Waals surface area contributed by atoms with Gasteiger partial charge in [0.2, 0.25) is 12.7 Å². The number of hydrogen-bond donors (Lipinski definition) is 2. The molecule has 3 N–H and O–H groups in total. The van der Waals surface area contributed by atoms with Crippen molar-refractivity contribution in [2.45, 2.75) is 30.9 Å². The molecule has 8 heteroatoms. The Kier molecular flexibility index (Phi) is 3.86. The van der Waals surface area contributed by atoms with E-state index in [4.69, 9.17) is 15.2 Å². The van der Waals surface area contributed by atoms with Crippen molar-refractivity contribution >= 4 is 27.1 Å². The molecular formula is C14H18N2O5S. The maximum absolute atomic E-state index is 12.2. The Balaban J connectivity index is 1.69. The van der Waals surface area contributed by atoms with E-state index in [1.165, 1.54) is 6.07 Å². The summed E-state index contributed by atoms with van der Waals surface area (Å²) in [5.74, 6) is -0.124. The fraction of sp³-hybridized carbons (Fsp3) is 0.500. The van der Waals surface area contributed by atoms with E-state index in [-0.39, 0.29) is 6.79 Å². The highest BCUT2D eigenvalue weighted by Crippen LogP contribution is 2.38. The summed E-state index contributed by atoms with van der Waals surface area (Å²) in [6.45, 7) is 0.0994. The van der Waals surface area contributed by atoms with E-state index in [2.05, 4.69) is 5.32 Å². The molecule has 0 atom stereocenters. The Morgan fingerprint density at radius 3 is 2.55 bits per heavy atom. The van der Waals surface area contributed by atoms with Crippen LogP contribution in [0.1, 0.15) is 25.7 Å². The minimum Gasteiger partial charge on any atom is -0.454 e. The third-order valence-corrected chi connectivity index (χ3v) is 6.11. The lowest BCUT2D eigenvalue weighted by Gasteiger charge is -2.12. The van der Waals surface area contributed by atoms with Crippen molar-refractivity contribution in [3.63, 3.8) is 0 Å². The average molecular weight is 326 g/mol. The van der Waals surface area contributed by atoms with E-state index in [0.717, 1.165) is 12.8 Å². The van der Waals surface area contributed by atoms with Crippen LogP contribution in [0.3, 0.4) is 0 Å². The number of carbonyl (C=O) groups excluding carboxylic acids is 1. The van der Waals surface area contributed by atoms with Gasteiger partial charge in [-0.05, 0) is 12.8 Å². The van der Waals surface area contributed by atoms with Crippen LogP contribution in [0, 0.1) is 0 Å². The molecule has 0 spiro atoms. The Hall–Kier alpha value is -1.96. The van der Waals surface area contributed by atoms with Crippen LogP contribution in [-0.2, 0) is 14.6 Å². The first-order valence-corrected chi connectivity index (χ1v) is 8.88. The number of nitrogens with one attached hydrogen (secondary N) is 1. The molecule has 1 saturated carbocycles. The number of fused-ring (bicyclic) bond motifs is 1. The highest BCUT2D eigenvalue weighted by molar-refractivity contribution is 7.92. The van der Waals surface area contributed by atoms with E-state index in [9.17, 15) is 13.2 Å². The first kappa shape index (κ1) is 15.0. The molecule has 3 rings (SSSR count). The van der Waals surface area contributed by atoms with Gasteiger partial charge in [0.1, 0.15) is 5.75 Å². The number of rotatable bonds is 4. The first-order valence-electron chi connectivity index (χ1n) is 7.16. The van der Waals surface area contributed by atoms with Gasteiger partial charge in [-0.3, -0.25) is 4.79 Å². The zero-order chi connectivity index (χ0) is 15.7. The van der Waals surface area contributed by atoms with Crippen LogP contribution in [0.4, 0.5) is 11.4 Å². The van der Waals surface area contributed by atoms with Crippen LogP contribution in [0.5, 0.6) is 11.5 Å². The number of hydrogen-bond acceptors (Lipinski definition) is 6. The molecule has 0 saturated heterocycles. The van der Waals surface area contributed by atoms with E-state index in [0.29, 0.717) is 35.7 Å². The highest BCUT2D eigenvalue weighted by Gasteiger charge is 2.31. The maximum Gasteiger partial charge on any atom is 0.239 e. The van der Waals surface area contributed by atoms with Crippen LogP contribution in [0.25, 0.3) is 0 Å². The summed E-state index contributed by atoms with van der Waals surface area (Å²) in [6, 6.07) is 3.08. The third-order valence-electron chi connectivity index (χ3n) is 3.96. The number of benzene rings is 1. The second kappa shape index (κ2) is 5.68. The number of nitrogens with two attached hydrogens (primary N) is 1. The van der Waals surface area contributed by atoms with Gasteiger partial charge in [-0.25, -0.2) is 8.42 Å². The largest absolute Gasteiger partial charge is 0.454 e. The Bertz CT molecular complexity index is 695. The van der Waals surface area contributed by atoms with Gasteiger partial charge in [-0.1, -0.05) is 12.8 Å². The van der Waals surface area contributed by atoms with E-state index >= 15 is 0 Å². The monoisotopic (exact) mass is 326 g/mol. The quantitative estimate of drug-likeness (QED) is 0.807. The van der Waals surface area contributed by atoms with Crippen LogP contribution in [-0.4, -0.2) is 32.1 Å². The van der Waals surface area contributed by atoms with Crippen molar-refractivity contribution in [3.05, 3.63) is 12.1 Å². The SMILES string of the molecule is Nc1cc2c(cc1NC(=O)CS(=O)(=O)C1CCCC1)OCO2. The number of anilines is 2. The van der Waals surface area contributed by atoms with Gasteiger partial charge in [-0.15, -0.1) is 0 Å². The molecule has 2 aliphatic rings. The molecule has 22 heavy (non-hydrogen) atoms. The van der Waals surface area contributed by atoms with Crippen molar-refractivity contribution in [2.24, 2.45) is 0 Å². The van der Waals surface area contributed by atoms with Gasteiger partial charge in [0, 0.05) is 12.1 Å². The molecule has 0 unspecified atom stereocenters. The molecule has 1 aromatic carbocycles. The summed E-state index contributed by atoms with van der Waals surface area (Å²) in [4.78, 5) is 12.0. The normalized spacial score (nSPS) is 17.6. The molecule has 1 amide bonds. The summed E-state index contributed by atoms with van der Waals surface area (Å²) in [5, 5.41) is 2.14. The fourth-order valence-electron chi connectivity index (χ4n) is 2.80. The zero-order valence-corrected chi connectivity index (χ0v) is 12.8. The molecule has 1 heterocycles. The zero-order valence-electron chi connectivity index (χ0n) is 12.0. The molecule has 1 aliphatic carbocycles. The second-order valence-electron chi connectivity index (χ2n) is 5.55. The van der Waals surface area contributed by atoms with Crippen molar-refractivity contribution in [1.29, 1.82) is 0 Å². The topological polar surface area (TPSA) is 108 Å². The van der Waals surface area contributed by atoms with Crippen molar-refractivity contribution < 1.29 is 22.7 Å². The average Bonchev–Trinajstić information content (AvgIpc) is 3.08. The lowest BCUT2D eigenvalue weighted by Crippen LogP contribution is -2.29. The number of nitrogen functional groups attached to an aromatic ring is 1. The van der Waals surface area contributed by atoms with Gasteiger partial charge >= 0.3 is 0 Å². The van der Waals surface area contributed by atoms with Crippen LogP contribution in [0.2, 0.25) is 0 Å². The van der Waals surface area contributed by atoms with Crippen LogP contribution in [0.15, 0.2) is 12.1 Å². The molecule has 1 aromatic rings. The number of amides is 1. The summed E-state index contributed by atoms with van der Waals surface area (Å²) in [6.07, 6.45) is 3.09. The van der Waals surface area contributed by atoms with Gasteiger partial charge in [0.05, 0.1) is 16.6 Å². The van der Waals surface area contributed by atoms with E-state index < -0.39 is 26.7 Å². The predicted octanol–water partition coefficient (Wildman–Crippen LogP) is 1.29. The molecular weight excluding hydrogens is 308 g/mol. The Labute approximate surface area is 128 Å². The molecule has 0 aromatic heterocycles. The highest BCUT2D eigenvalue weighted by atomic mass is 32.2. The smallest absolute Gasteiger partial charge is 0.239 e. The van der Waals surface area contributed by atoms with Crippen molar-refractivity contribution in [1.82, 2.24) is 0 Å². The molecule has 1 fully saturated rings. The summed E-state index contributed by atoms with van der Waals surface area (Å²) in [5.41, 5.74) is 6.46. The minimum absolute atomic E-state index is 0.0994. The predicted molar refractivity (Wildman–Crippen MR) is 81.6 cm³/mol. The van der Waals surface area contributed by atoms with Crippen LogP contribution >= 0.6 is 0 Å². The first-order chi connectivity index (χ1) is 10.5. The number of sulfone groups is 1. The maximum atomic E-state index is 12.2. The minimum atomic E-state index is -3.41.